The fourth-order valence-corrected chi connectivity index (χ4v) is 4.88. The summed E-state index contributed by atoms with van der Waals surface area (Å²) in [6.07, 6.45) is 1.30. The van der Waals surface area contributed by atoms with E-state index in [1.54, 1.807) is 12.3 Å². The molecule has 1 amide bonds. The standard InChI is InChI=1S/C18H31ClN4O3S/c1-18(2,3)26-17(24)21-7-12-27(4,25)23-10-8-22(9-11-23)14-5-6-15(19)16(20)13-14/h5-6,13,27H,7-12,20H2,1-4H3,(H,21,24). The molecule has 1 aromatic rings. The SMILES string of the molecule is CC(C)(C)OC(=O)NCC[SH](C)(=O)N1CCN(c2ccc(Cl)c(N)c2)CC1. The number of nitrogens with zero attached hydrogens (tertiary/aromatic N) is 2. The number of nitrogen functional groups attached to an aromatic ring is 1. The predicted octanol–water partition coefficient (Wildman–Crippen LogP) is 2.13. The Labute approximate surface area is 167 Å². The van der Waals surface area contributed by atoms with Crippen LogP contribution in [-0.4, -0.2) is 64.9 Å². The molecule has 1 heterocycles. The number of thiol groups is 1. The first-order chi connectivity index (χ1) is 12.5. The number of anilines is 2. The van der Waals surface area contributed by atoms with Crippen molar-refractivity contribution in [2.24, 2.45) is 0 Å². The summed E-state index contributed by atoms with van der Waals surface area (Å²) in [5.74, 6) is 0.417. The Morgan fingerprint density at radius 3 is 2.48 bits per heavy atom. The summed E-state index contributed by atoms with van der Waals surface area (Å²) in [4.78, 5) is 13.9. The van der Waals surface area contributed by atoms with Crippen molar-refractivity contribution < 1.29 is 13.7 Å². The van der Waals surface area contributed by atoms with Crippen molar-refractivity contribution in [1.82, 2.24) is 9.62 Å². The molecular weight excluding hydrogens is 388 g/mol. The summed E-state index contributed by atoms with van der Waals surface area (Å²) >= 11 is 5.98. The Bertz CT molecular complexity index is 715. The molecule has 1 saturated heterocycles. The highest BCUT2D eigenvalue weighted by Gasteiger charge is 2.25. The molecular formula is C18H31ClN4O3S. The van der Waals surface area contributed by atoms with E-state index >= 15 is 0 Å². The van der Waals surface area contributed by atoms with Gasteiger partial charge in [-0.05, 0) is 39.0 Å². The van der Waals surface area contributed by atoms with Crippen molar-refractivity contribution in [2.75, 3.05) is 55.4 Å². The summed E-state index contributed by atoms with van der Waals surface area (Å²) in [6, 6.07) is 5.62. The second-order valence-electron chi connectivity index (χ2n) is 7.85. The minimum atomic E-state index is -2.52. The van der Waals surface area contributed by atoms with Gasteiger partial charge in [-0.1, -0.05) is 21.7 Å². The topological polar surface area (TPSA) is 87.9 Å². The van der Waals surface area contributed by atoms with Gasteiger partial charge in [-0.25, -0.2) is 9.10 Å². The zero-order valence-electron chi connectivity index (χ0n) is 16.5. The van der Waals surface area contributed by atoms with E-state index < -0.39 is 21.8 Å². The first-order valence-electron chi connectivity index (χ1n) is 9.07. The van der Waals surface area contributed by atoms with Crippen LogP contribution >= 0.6 is 11.6 Å². The van der Waals surface area contributed by atoms with Crippen molar-refractivity contribution in [3.8, 4) is 0 Å². The number of nitrogens with two attached hydrogens (primary N) is 1. The molecule has 3 N–H and O–H groups in total. The van der Waals surface area contributed by atoms with Gasteiger partial charge in [0.1, 0.15) is 5.60 Å². The van der Waals surface area contributed by atoms with Gasteiger partial charge in [0.15, 0.2) is 0 Å². The van der Waals surface area contributed by atoms with Gasteiger partial charge in [0.2, 0.25) is 0 Å². The molecule has 7 nitrogen and oxygen atoms in total. The van der Waals surface area contributed by atoms with Gasteiger partial charge in [-0.15, -0.1) is 0 Å². The van der Waals surface area contributed by atoms with Gasteiger partial charge < -0.3 is 20.7 Å². The quantitative estimate of drug-likeness (QED) is 0.503. The lowest BCUT2D eigenvalue weighted by Gasteiger charge is -2.41. The molecule has 154 valence electrons. The molecule has 0 aliphatic carbocycles. The average Bonchev–Trinajstić information content (AvgIpc) is 2.55. The van der Waals surface area contributed by atoms with E-state index in [1.807, 2.05) is 37.2 Å². The lowest BCUT2D eigenvalue weighted by atomic mass is 10.2. The number of ether oxygens (including phenoxy) is 1. The van der Waals surface area contributed by atoms with E-state index in [-0.39, 0.29) is 0 Å². The fourth-order valence-electron chi connectivity index (χ4n) is 2.93. The first kappa shape index (κ1) is 21.8. The maximum atomic E-state index is 13.1. The number of rotatable bonds is 5. The summed E-state index contributed by atoms with van der Waals surface area (Å²) in [5, 5.41) is 3.23. The van der Waals surface area contributed by atoms with Gasteiger partial charge in [-0.2, -0.15) is 0 Å². The monoisotopic (exact) mass is 418 g/mol. The van der Waals surface area contributed by atoms with Crippen LogP contribution in [0.25, 0.3) is 0 Å². The predicted molar refractivity (Wildman–Crippen MR) is 114 cm³/mol. The largest absolute Gasteiger partial charge is 0.444 e. The van der Waals surface area contributed by atoms with Crippen LogP contribution in [0.5, 0.6) is 0 Å². The highest BCUT2D eigenvalue weighted by atomic mass is 35.5. The molecule has 0 radical (unpaired) electrons. The second kappa shape index (κ2) is 8.67. The molecule has 1 aliphatic rings. The van der Waals surface area contributed by atoms with Crippen LogP contribution in [0.3, 0.4) is 0 Å². The smallest absolute Gasteiger partial charge is 0.407 e. The molecule has 0 aromatic heterocycles. The number of benzene rings is 1. The van der Waals surface area contributed by atoms with Crippen LogP contribution in [0, 0.1) is 0 Å². The van der Waals surface area contributed by atoms with Crippen LogP contribution in [0.1, 0.15) is 20.8 Å². The van der Waals surface area contributed by atoms with Crippen LogP contribution in [0.15, 0.2) is 18.2 Å². The number of carbonyl (C=O) groups is 1. The molecule has 0 saturated carbocycles. The molecule has 2 rings (SSSR count). The molecule has 0 bridgehead atoms. The third-order valence-electron chi connectivity index (χ3n) is 4.39. The number of hydrogen-bond acceptors (Lipinski definition) is 5. The molecule has 1 aliphatic heterocycles. The van der Waals surface area contributed by atoms with Gasteiger partial charge in [0, 0.05) is 50.4 Å². The van der Waals surface area contributed by atoms with E-state index in [2.05, 4.69) is 10.2 Å². The zero-order valence-corrected chi connectivity index (χ0v) is 18.1. The normalized spacial score (nSPS) is 16.9. The Morgan fingerprint density at radius 2 is 1.93 bits per heavy atom. The van der Waals surface area contributed by atoms with Crippen molar-refractivity contribution in [3.05, 3.63) is 23.2 Å². The van der Waals surface area contributed by atoms with Crippen molar-refractivity contribution in [1.29, 1.82) is 0 Å². The Balaban J connectivity index is 1.82. The molecule has 1 aromatic carbocycles. The maximum Gasteiger partial charge on any atom is 0.407 e. The maximum absolute atomic E-state index is 13.1. The number of amides is 1. The number of hydrogen-bond donors (Lipinski definition) is 3. The van der Waals surface area contributed by atoms with E-state index in [4.69, 9.17) is 22.1 Å². The third-order valence-corrected chi connectivity index (χ3v) is 7.39. The molecule has 1 fully saturated rings. The Morgan fingerprint density at radius 1 is 1.30 bits per heavy atom. The van der Waals surface area contributed by atoms with E-state index in [1.165, 1.54) is 0 Å². The molecule has 9 heteroatoms. The summed E-state index contributed by atoms with van der Waals surface area (Å²) < 4.78 is 20.3. The number of alkyl carbamates (subject to hydrolysis) is 1. The lowest BCUT2D eigenvalue weighted by Crippen LogP contribution is -2.52. The fraction of sp³-hybridized carbons (Fsp3) is 0.611. The minimum absolute atomic E-state index is 0.330. The number of nitrogens with one attached hydrogen (secondary N) is 1. The van der Waals surface area contributed by atoms with Crippen molar-refractivity contribution in [2.45, 2.75) is 26.4 Å². The van der Waals surface area contributed by atoms with Crippen LogP contribution in [-0.2, 0) is 14.9 Å². The lowest BCUT2D eigenvalue weighted by molar-refractivity contribution is 0.0531. The van der Waals surface area contributed by atoms with Crippen LogP contribution in [0.4, 0.5) is 16.2 Å². The van der Waals surface area contributed by atoms with Crippen molar-refractivity contribution >= 4 is 39.2 Å². The summed E-state index contributed by atoms with van der Waals surface area (Å²) in [5.41, 5.74) is 6.93. The molecule has 0 unspecified atom stereocenters. The van der Waals surface area contributed by atoms with Crippen LogP contribution in [0.2, 0.25) is 5.02 Å². The molecule has 0 spiro atoms. The Kier molecular flexibility index (Phi) is 6.99. The highest BCUT2D eigenvalue weighted by molar-refractivity contribution is 8.00. The zero-order chi connectivity index (χ0) is 20.2. The number of halogens is 1. The summed E-state index contributed by atoms with van der Waals surface area (Å²) in [7, 11) is -2.52. The average molecular weight is 419 g/mol. The third kappa shape index (κ3) is 6.55. The van der Waals surface area contributed by atoms with Gasteiger partial charge in [0.25, 0.3) is 0 Å². The summed E-state index contributed by atoms with van der Waals surface area (Å²) in [6.45, 7) is 8.68. The van der Waals surface area contributed by atoms with Gasteiger partial charge in [-0.3, -0.25) is 4.21 Å². The van der Waals surface area contributed by atoms with Crippen molar-refractivity contribution in [3.63, 3.8) is 0 Å². The minimum Gasteiger partial charge on any atom is -0.444 e. The van der Waals surface area contributed by atoms with E-state index in [0.717, 1.165) is 18.8 Å². The Hall–Kier alpha value is -1.51. The van der Waals surface area contributed by atoms with Crippen LogP contribution < -0.4 is 16.0 Å². The number of carbonyl (C=O) groups excluding carboxylic acids is 1. The molecule has 0 atom stereocenters. The molecule has 27 heavy (non-hydrogen) atoms. The first-order valence-corrected chi connectivity index (χ1v) is 11.7. The van der Waals surface area contributed by atoms with E-state index in [9.17, 15) is 9.00 Å². The second-order valence-corrected chi connectivity index (χ2v) is 11.4. The van der Waals surface area contributed by atoms with Gasteiger partial charge >= 0.3 is 6.09 Å². The number of piperazine rings is 1. The van der Waals surface area contributed by atoms with Gasteiger partial charge in [0.05, 0.1) is 10.7 Å². The van der Waals surface area contributed by atoms with E-state index in [0.29, 0.717) is 36.1 Å². The highest BCUT2D eigenvalue weighted by Crippen LogP contribution is 2.26.